The Morgan fingerprint density at radius 3 is 2.57 bits per heavy atom. The van der Waals surface area contributed by atoms with E-state index in [0.29, 0.717) is 18.4 Å². The van der Waals surface area contributed by atoms with E-state index in [0.717, 1.165) is 75.0 Å². The van der Waals surface area contributed by atoms with Crippen LogP contribution >= 0.6 is 0 Å². The fraction of sp³-hybridized carbons (Fsp3) is 0.562. The van der Waals surface area contributed by atoms with E-state index >= 15 is 0 Å². The van der Waals surface area contributed by atoms with E-state index in [-0.39, 0.29) is 12.1 Å². The molecule has 3 atom stereocenters. The number of likely N-dealkylation sites (tertiary alicyclic amines) is 1. The van der Waals surface area contributed by atoms with E-state index < -0.39 is 0 Å². The van der Waals surface area contributed by atoms with E-state index in [1.54, 1.807) is 7.11 Å². The number of amides is 1. The van der Waals surface area contributed by atoms with Crippen molar-refractivity contribution in [1.82, 2.24) is 24.9 Å². The first kappa shape index (κ1) is 35.0. The smallest absolute Gasteiger partial charge is 0.238 e. The van der Waals surface area contributed by atoms with Gasteiger partial charge in [-0.05, 0) is 38.6 Å². The summed E-state index contributed by atoms with van der Waals surface area (Å²) in [6, 6.07) is 10.2. The first-order chi connectivity index (χ1) is 20.4. The molecule has 2 N–H and O–H groups in total. The third-order valence-electron chi connectivity index (χ3n) is 7.21. The van der Waals surface area contributed by atoms with Crippen molar-refractivity contribution < 1.29 is 19.0 Å². The fourth-order valence-electron chi connectivity index (χ4n) is 5.06. The number of likely N-dealkylation sites (N-methyl/N-ethyl adjacent to an activating group) is 1. The molecule has 1 unspecified atom stereocenters. The number of hydrogen-bond acceptors (Lipinski definition) is 8. The van der Waals surface area contributed by atoms with Crippen LogP contribution in [0.5, 0.6) is 5.88 Å². The SMILES string of the molecule is C=C(/C=C\C)[C@@H]1CN(CCOC)C[C@H]1NC=O.CC.CNc1c(C)c(OCC2CN(C)CCO2)nn1-c1ccccc1. The summed E-state index contributed by atoms with van der Waals surface area (Å²) in [6.07, 6.45) is 4.87. The molecule has 234 valence electrons. The minimum absolute atomic E-state index is 0.0908. The van der Waals surface area contributed by atoms with Gasteiger partial charge >= 0.3 is 0 Å². The number of benzene rings is 1. The minimum Gasteiger partial charge on any atom is -0.474 e. The van der Waals surface area contributed by atoms with E-state index in [4.69, 9.17) is 14.2 Å². The molecule has 0 bridgehead atoms. The monoisotopic (exact) mass is 584 g/mol. The number of morpholine rings is 1. The van der Waals surface area contributed by atoms with Gasteiger partial charge in [-0.1, -0.05) is 50.8 Å². The Balaban J connectivity index is 0.000000290. The van der Waals surface area contributed by atoms with Crippen LogP contribution in [-0.4, -0.2) is 112 Å². The molecule has 0 aliphatic carbocycles. The van der Waals surface area contributed by atoms with Crippen molar-refractivity contribution in [2.45, 2.75) is 39.8 Å². The number of nitrogens with zero attached hydrogens (tertiary/aromatic N) is 4. The van der Waals surface area contributed by atoms with Crippen molar-refractivity contribution in [3.8, 4) is 11.6 Å². The number of ether oxygens (including phenoxy) is 3. The van der Waals surface area contributed by atoms with Gasteiger partial charge in [0.1, 0.15) is 18.5 Å². The highest BCUT2D eigenvalue weighted by molar-refractivity contribution is 5.54. The number of carbonyl (C=O) groups excluding carboxylic acids is 1. The van der Waals surface area contributed by atoms with Crippen LogP contribution in [-0.2, 0) is 14.3 Å². The van der Waals surface area contributed by atoms with Gasteiger partial charge in [0.25, 0.3) is 0 Å². The molecule has 1 amide bonds. The van der Waals surface area contributed by atoms with Crippen molar-refractivity contribution in [2.24, 2.45) is 5.92 Å². The fourth-order valence-corrected chi connectivity index (χ4v) is 5.06. The molecule has 10 heteroatoms. The lowest BCUT2D eigenvalue weighted by atomic mass is 9.95. The topological polar surface area (TPSA) is 93.1 Å². The number of nitrogens with one attached hydrogen (secondary N) is 2. The lowest BCUT2D eigenvalue weighted by Crippen LogP contribution is -2.42. The zero-order valence-electron chi connectivity index (χ0n) is 26.6. The van der Waals surface area contributed by atoms with Crippen LogP contribution < -0.4 is 15.4 Å². The Labute approximate surface area is 252 Å². The molecule has 0 radical (unpaired) electrons. The Kier molecular flexibility index (Phi) is 15.9. The second-order valence-corrected chi connectivity index (χ2v) is 10.2. The number of aromatic nitrogens is 2. The van der Waals surface area contributed by atoms with Crippen LogP contribution in [0.1, 0.15) is 26.3 Å². The van der Waals surface area contributed by atoms with Crippen LogP contribution in [0.15, 0.2) is 54.6 Å². The predicted molar refractivity (Wildman–Crippen MR) is 171 cm³/mol. The Bertz CT molecular complexity index is 1090. The molecule has 2 aromatic rings. The van der Waals surface area contributed by atoms with Gasteiger partial charge in [-0.15, -0.1) is 5.10 Å². The molecule has 1 aromatic carbocycles. The number of carbonyl (C=O) groups is 1. The normalized spacial score (nSPS) is 20.7. The Morgan fingerprint density at radius 2 is 1.95 bits per heavy atom. The highest BCUT2D eigenvalue weighted by Crippen LogP contribution is 2.28. The molecular formula is C32H52N6O4. The highest BCUT2D eigenvalue weighted by Gasteiger charge is 2.33. The number of rotatable bonds is 12. The van der Waals surface area contributed by atoms with Crippen LogP contribution in [0.3, 0.4) is 0 Å². The molecule has 2 saturated heterocycles. The second-order valence-electron chi connectivity index (χ2n) is 10.2. The lowest BCUT2D eigenvalue weighted by molar-refractivity contribution is -0.110. The third kappa shape index (κ3) is 10.3. The van der Waals surface area contributed by atoms with Crippen molar-refractivity contribution >= 4 is 12.2 Å². The summed E-state index contributed by atoms with van der Waals surface area (Å²) in [7, 11) is 5.70. The van der Waals surface area contributed by atoms with Crippen LogP contribution in [0, 0.1) is 12.8 Å². The van der Waals surface area contributed by atoms with Gasteiger partial charge in [0, 0.05) is 58.8 Å². The molecule has 0 spiro atoms. The van der Waals surface area contributed by atoms with E-state index in [1.165, 1.54) is 0 Å². The molecule has 10 nitrogen and oxygen atoms in total. The quantitative estimate of drug-likeness (QED) is 0.288. The van der Waals surface area contributed by atoms with E-state index in [1.807, 2.05) is 81.9 Å². The standard InChI is InChI=1S/C17H24N4O2.C13H22N2O2.C2H6/c1-13-16(18-2)21(14-7-5-4-6-8-14)19-17(13)23-12-15-11-20(3)9-10-22-15;1-4-5-11(2)12-8-15(6-7-17-3)9-13(12)14-10-16;1-2/h4-8,15,18H,9-12H2,1-3H3;4-5,10,12-13H,2,6-9H2,1,3H3,(H,14,16);1-2H3/b;5-4-;/t;12-,13+;/m.0./s1. The van der Waals surface area contributed by atoms with Gasteiger partial charge in [0.05, 0.1) is 24.5 Å². The molecule has 2 aliphatic heterocycles. The summed E-state index contributed by atoms with van der Waals surface area (Å²) >= 11 is 0. The minimum atomic E-state index is 0.0908. The van der Waals surface area contributed by atoms with Crippen molar-refractivity contribution in [2.75, 3.05) is 79.1 Å². The number of methoxy groups -OCH3 is 1. The molecule has 42 heavy (non-hydrogen) atoms. The molecule has 3 heterocycles. The average molecular weight is 585 g/mol. The highest BCUT2D eigenvalue weighted by atomic mass is 16.5. The van der Waals surface area contributed by atoms with Crippen molar-refractivity contribution in [3.05, 3.63) is 60.2 Å². The number of hydrogen-bond donors (Lipinski definition) is 2. The zero-order chi connectivity index (χ0) is 30.9. The van der Waals surface area contributed by atoms with Crippen LogP contribution in [0.25, 0.3) is 5.69 Å². The Morgan fingerprint density at radius 1 is 1.21 bits per heavy atom. The summed E-state index contributed by atoms with van der Waals surface area (Å²) in [6.45, 7) is 18.6. The van der Waals surface area contributed by atoms with Gasteiger partial charge in [-0.3, -0.25) is 9.69 Å². The summed E-state index contributed by atoms with van der Waals surface area (Å²) < 4.78 is 18.6. The average Bonchev–Trinajstić information content (AvgIpc) is 3.57. The predicted octanol–water partition coefficient (Wildman–Crippen LogP) is 3.77. The first-order valence-corrected chi connectivity index (χ1v) is 14.9. The number of para-hydroxylation sites is 1. The van der Waals surface area contributed by atoms with Crippen LogP contribution in [0.2, 0.25) is 0 Å². The second kappa shape index (κ2) is 19.1. The van der Waals surface area contributed by atoms with Crippen molar-refractivity contribution in [1.29, 1.82) is 0 Å². The third-order valence-corrected chi connectivity index (χ3v) is 7.21. The molecular weight excluding hydrogens is 532 g/mol. The molecule has 2 aliphatic rings. The summed E-state index contributed by atoms with van der Waals surface area (Å²) in [5, 5.41) is 10.7. The molecule has 0 saturated carbocycles. The summed E-state index contributed by atoms with van der Waals surface area (Å²) in [5.41, 5.74) is 3.08. The van der Waals surface area contributed by atoms with E-state index in [2.05, 4.69) is 39.2 Å². The zero-order valence-corrected chi connectivity index (χ0v) is 26.6. The van der Waals surface area contributed by atoms with Gasteiger partial charge in [0.15, 0.2) is 0 Å². The number of allylic oxidation sites excluding steroid dienone is 2. The summed E-state index contributed by atoms with van der Waals surface area (Å²) in [5.74, 6) is 1.89. The number of anilines is 1. The Hall–Kier alpha value is -3.18. The largest absolute Gasteiger partial charge is 0.474 e. The maximum Gasteiger partial charge on any atom is 0.238 e. The first-order valence-electron chi connectivity index (χ1n) is 14.9. The van der Waals surface area contributed by atoms with Crippen molar-refractivity contribution in [3.63, 3.8) is 0 Å². The molecule has 2 fully saturated rings. The molecule has 1 aromatic heterocycles. The maximum absolute atomic E-state index is 10.6. The summed E-state index contributed by atoms with van der Waals surface area (Å²) in [4.78, 5) is 15.2. The lowest BCUT2D eigenvalue weighted by Gasteiger charge is -2.29. The maximum atomic E-state index is 10.6. The van der Waals surface area contributed by atoms with Gasteiger partial charge in [0.2, 0.25) is 12.3 Å². The van der Waals surface area contributed by atoms with E-state index in [9.17, 15) is 4.79 Å². The molecule has 4 rings (SSSR count). The van der Waals surface area contributed by atoms with Crippen LogP contribution in [0.4, 0.5) is 5.82 Å². The van der Waals surface area contributed by atoms with Gasteiger partial charge in [-0.25, -0.2) is 4.68 Å². The van der Waals surface area contributed by atoms with Gasteiger partial charge < -0.3 is 29.7 Å². The van der Waals surface area contributed by atoms with Gasteiger partial charge in [-0.2, -0.15) is 0 Å².